The molecule has 1 N–H and O–H groups in total. The number of hydrogen-bond acceptors (Lipinski definition) is 4. The molecule has 0 spiro atoms. The minimum atomic E-state index is 0.402. The first-order chi connectivity index (χ1) is 9.85. The van der Waals surface area contributed by atoms with Crippen molar-refractivity contribution in [1.82, 2.24) is 5.32 Å². The van der Waals surface area contributed by atoms with Crippen LogP contribution in [0.2, 0.25) is 0 Å². The molecule has 20 heavy (non-hydrogen) atoms. The summed E-state index contributed by atoms with van der Waals surface area (Å²) in [5.41, 5.74) is 1.30. The minimum absolute atomic E-state index is 0.402. The number of fused-ring (bicyclic) bond motifs is 1. The van der Waals surface area contributed by atoms with Gasteiger partial charge in [0, 0.05) is 12.5 Å². The van der Waals surface area contributed by atoms with Gasteiger partial charge in [0.25, 0.3) is 0 Å². The summed E-state index contributed by atoms with van der Waals surface area (Å²) in [7, 11) is 0. The summed E-state index contributed by atoms with van der Waals surface area (Å²) in [5, 5.41) is 3.63. The largest absolute Gasteiger partial charge is 0.490 e. The van der Waals surface area contributed by atoms with Gasteiger partial charge in [0.1, 0.15) is 0 Å². The highest BCUT2D eigenvalue weighted by molar-refractivity contribution is 7.98. The van der Waals surface area contributed by atoms with Crippen molar-refractivity contribution in [3.63, 3.8) is 0 Å². The van der Waals surface area contributed by atoms with E-state index in [1.54, 1.807) is 0 Å². The fraction of sp³-hybridized carbons (Fsp3) is 0.625. The second kappa shape index (κ2) is 8.42. The number of ether oxygens (including phenoxy) is 2. The van der Waals surface area contributed by atoms with E-state index in [4.69, 9.17) is 9.47 Å². The van der Waals surface area contributed by atoms with Gasteiger partial charge in [0.15, 0.2) is 11.5 Å². The molecule has 112 valence electrons. The highest BCUT2D eigenvalue weighted by atomic mass is 32.2. The van der Waals surface area contributed by atoms with E-state index in [9.17, 15) is 0 Å². The summed E-state index contributed by atoms with van der Waals surface area (Å²) >= 11 is 1.89. The lowest BCUT2D eigenvalue weighted by molar-refractivity contribution is 0.297. The monoisotopic (exact) mass is 295 g/mol. The Labute approximate surface area is 126 Å². The van der Waals surface area contributed by atoms with Crippen molar-refractivity contribution in [3.05, 3.63) is 23.8 Å². The van der Waals surface area contributed by atoms with E-state index in [1.807, 2.05) is 11.8 Å². The maximum Gasteiger partial charge on any atom is 0.161 e. The zero-order valence-corrected chi connectivity index (χ0v) is 13.3. The van der Waals surface area contributed by atoms with Crippen molar-refractivity contribution in [2.24, 2.45) is 0 Å². The quantitative estimate of drug-likeness (QED) is 0.832. The summed E-state index contributed by atoms with van der Waals surface area (Å²) in [6.07, 6.45) is 5.40. The molecular weight excluding hydrogens is 270 g/mol. The summed E-state index contributed by atoms with van der Waals surface area (Å²) in [5.74, 6) is 2.94. The van der Waals surface area contributed by atoms with Crippen molar-refractivity contribution in [2.75, 3.05) is 31.8 Å². The first kappa shape index (κ1) is 15.5. The molecule has 0 amide bonds. The third-order valence-corrected chi connectivity index (χ3v) is 4.07. The lowest BCUT2D eigenvalue weighted by Crippen LogP contribution is -2.22. The molecule has 1 aliphatic rings. The van der Waals surface area contributed by atoms with Gasteiger partial charge >= 0.3 is 0 Å². The second-order valence-corrected chi connectivity index (χ2v) is 6.03. The smallest absolute Gasteiger partial charge is 0.161 e. The standard InChI is InChI=1S/C16H25NO2S/c1-3-8-17-14(7-11-20-2)13-5-6-15-16(12-13)19-10-4-9-18-15/h5-6,12,14,17H,3-4,7-11H2,1-2H3. The Morgan fingerprint density at radius 1 is 1.25 bits per heavy atom. The molecule has 1 heterocycles. The van der Waals surface area contributed by atoms with E-state index in [0.29, 0.717) is 6.04 Å². The Bertz CT molecular complexity index is 403. The predicted octanol–water partition coefficient (Wildman–Crippen LogP) is 3.64. The third kappa shape index (κ3) is 4.32. The Morgan fingerprint density at radius 3 is 2.80 bits per heavy atom. The van der Waals surface area contributed by atoms with Gasteiger partial charge in [-0.25, -0.2) is 0 Å². The zero-order chi connectivity index (χ0) is 14.2. The van der Waals surface area contributed by atoms with Crippen molar-refractivity contribution in [2.45, 2.75) is 32.2 Å². The molecule has 0 bridgehead atoms. The number of nitrogens with one attached hydrogen (secondary N) is 1. The van der Waals surface area contributed by atoms with Crippen LogP contribution >= 0.6 is 11.8 Å². The normalized spacial score (nSPS) is 15.7. The Morgan fingerprint density at radius 2 is 2.05 bits per heavy atom. The van der Waals surface area contributed by atoms with Crippen molar-refractivity contribution >= 4 is 11.8 Å². The fourth-order valence-electron chi connectivity index (χ4n) is 2.34. The number of thioether (sulfide) groups is 1. The summed E-state index contributed by atoms with van der Waals surface area (Å²) in [6.45, 7) is 4.74. The molecule has 0 saturated heterocycles. The Hall–Kier alpha value is -0.870. The Balaban J connectivity index is 2.12. The molecule has 3 nitrogen and oxygen atoms in total. The topological polar surface area (TPSA) is 30.5 Å². The molecule has 0 aliphatic carbocycles. The van der Waals surface area contributed by atoms with Crippen molar-refractivity contribution in [3.8, 4) is 11.5 Å². The third-order valence-electron chi connectivity index (χ3n) is 3.43. The van der Waals surface area contributed by atoms with Crippen LogP contribution in [0.4, 0.5) is 0 Å². The van der Waals surface area contributed by atoms with E-state index in [2.05, 4.69) is 36.7 Å². The summed E-state index contributed by atoms with van der Waals surface area (Å²) in [4.78, 5) is 0. The average molecular weight is 295 g/mol. The highest BCUT2D eigenvalue weighted by Crippen LogP contribution is 2.33. The maximum absolute atomic E-state index is 5.79. The van der Waals surface area contributed by atoms with Gasteiger partial charge in [-0.2, -0.15) is 11.8 Å². The van der Waals surface area contributed by atoms with Crippen LogP contribution in [0.3, 0.4) is 0 Å². The number of rotatable bonds is 7. The van der Waals surface area contributed by atoms with Gasteiger partial charge in [-0.15, -0.1) is 0 Å². The highest BCUT2D eigenvalue weighted by Gasteiger charge is 2.15. The van der Waals surface area contributed by atoms with E-state index in [1.165, 1.54) is 5.56 Å². The van der Waals surface area contributed by atoms with E-state index in [0.717, 1.165) is 56.3 Å². The van der Waals surface area contributed by atoms with Gasteiger partial charge < -0.3 is 14.8 Å². The summed E-state index contributed by atoms with van der Waals surface area (Å²) in [6, 6.07) is 6.77. The maximum atomic E-state index is 5.79. The molecule has 1 aromatic carbocycles. The molecule has 0 aromatic heterocycles. The van der Waals surface area contributed by atoms with Crippen LogP contribution in [0.25, 0.3) is 0 Å². The predicted molar refractivity (Wildman–Crippen MR) is 86.1 cm³/mol. The molecule has 0 fully saturated rings. The second-order valence-electron chi connectivity index (χ2n) is 5.04. The van der Waals surface area contributed by atoms with Crippen LogP contribution in [-0.4, -0.2) is 31.8 Å². The minimum Gasteiger partial charge on any atom is -0.490 e. The molecule has 1 unspecified atom stereocenters. The average Bonchev–Trinajstić information content (AvgIpc) is 2.72. The number of hydrogen-bond donors (Lipinski definition) is 1. The lowest BCUT2D eigenvalue weighted by atomic mass is 10.0. The van der Waals surface area contributed by atoms with Crippen molar-refractivity contribution < 1.29 is 9.47 Å². The van der Waals surface area contributed by atoms with Crippen LogP contribution in [0.15, 0.2) is 18.2 Å². The van der Waals surface area contributed by atoms with Crippen LogP contribution in [0.1, 0.15) is 37.8 Å². The molecule has 1 atom stereocenters. The van der Waals surface area contributed by atoms with Crippen molar-refractivity contribution in [1.29, 1.82) is 0 Å². The SMILES string of the molecule is CCCNC(CCSC)c1ccc2c(c1)OCCCO2. The molecule has 1 aliphatic heterocycles. The van der Waals surface area contributed by atoms with E-state index in [-0.39, 0.29) is 0 Å². The number of benzene rings is 1. The van der Waals surface area contributed by atoms with E-state index < -0.39 is 0 Å². The van der Waals surface area contributed by atoms with Gasteiger partial charge in [-0.1, -0.05) is 13.0 Å². The molecular formula is C16H25NO2S. The molecule has 0 saturated carbocycles. The molecule has 2 rings (SSSR count). The van der Waals surface area contributed by atoms with Crippen LogP contribution < -0.4 is 14.8 Å². The molecule has 1 aromatic rings. The zero-order valence-electron chi connectivity index (χ0n) is 12.5. The van der Waals surface area contributed by atoms with Crippen LogP contribution in [-0.2, 0) is 0 Å². The first-order valence-corrected chi connectivity index (χ1v) is 8.86. The van der Waals surface area contributed by atoms with Crippen LogP contribution in [0, 0.1) is 0 Å². The van der Waals surface area contributed by atoms with Gasteiger partial charge in [-0.05, 0) is 49.1 Å². The van der Waals surface area contributed by atoms with Gasteiger partial charge in [-0.3, -0.25) is 0 Å². The fourth-order valence-corrected chi connectivity index (χ4v) is 2.81. The first-order valence-electron chi connectivity index (χ1n) is 7.47. The van der Waals surface area contributed by atoms with Gasteiger partial charge in [0.05, 0.1) is 13.2 Å². The van der Waals surface area contributed by atoms with Crippen LogP contribution in [0.5, 0.6) is 11.5 Å². The summed E-state index contributed by atoms with van der Waals surface area (Å²) < 4.78 is 11.5. The van der Waals surface area contributed by atoms with E-state index >= 15 is 0 Å². The molecule has 4 heteroatoms. The molecule has 0 radical (unpaired) electrons. The van der Waals surface area contributed by atoms with Gasteiger partial charge in [0.2, 0.25) is 0 Å². The lowest BCUT2D eigenvalue weighted by Gasteiger charge is -2.20. The Kier molecular flexibility index (Phi) is 6.54.